The molecule has 1 amide bonds. The molecular weight excluding hydrogens is 489 g/mol. The van der Waals surface area contributed by atoms with E-state index in [1.807, 2.05) is 0 Å². The highest BCUT2D eigenvalue weighted by Crippen LogP contribution is 2.32. The first-order valence-corrected chi connectivity index (χ1v) is 12.7. The van der Waals surface area contributed by atoms with Gasteiger partial charge in [0, 0.05) is 32.1 Å². The number of aliphatic hydroxyl groups excluding tert-OH is 1. The maximum absolute atomic E-state index is 14.0. The molecule has 6 N–H and O–H groups in total. The van der Waals surface area contributed by atoms with Crippen LogP contribution in [0.2, 0.25) is 0 Å². The molecule has 0 bridgehead atoms. The van der Waals surface area contributed by atoms with Gasteiger partial charge in [0.15, 0.2) is 5.96 Å². The molecule has 0 aromatic heterocycles. The molecule has 206 valence electrons. The molecule has 9 atom stereocenters. The molecule has 0 aromatic carbocycles. The number of guanidine groups is 1. The molecular formula is C22H36F5N7O2. The molecule has 2 aliphatic heterocycles. The van der Waals surface area contributed by atoms with Gasteiger partial charge in [-0.1, -0.05) is 0 Å². The topological polar surface area (TPSA) is 113 Å². The zero-order chi connectivity index (χ0) is 26.0. The van der Waals surface area contributed by atoms with E-state index in [4.69, 9.17) is 0 Å². The summed E-state index contributed by atoms with van der Waals surface area (Å²) in [7, 11) is 1.43. The van der Waals surface area contributed by atoms with E-state index in [-0.39, 0.29) is 43.3 Å². The van der Waals surface area contributed by atoms with Gasteiger partial charge in [-0.05, 0) is 50.9 Å². The minimum absolute atomic E-state index is 0.00281. The number of nitrogens with zero attached hydrogens (tertiary/aromatic N) is 2. The smallest absolute Gasteiger partial charge is 0.390 e. The van der Waals surface area contributed by atoms with Gasteiger partial charge in [-0.25, -0.2) is 29.6 Å². The highest BCUT2D eigenvalue weighted by molar-refractivity contribution is 5.98. The van der Waals surface area contributed by atoms with Crippen LogP contribution in [0.5, 0.6) is 0 Å². The summed E-state index contributed by atoms with van der Waals surface area (Å²) in [5.41, 5.74) is 8.37. The van der Waals surface area contributed by atoms with E-state index < -0.39 is 48.7 Å². The Morgan fingerprint density at radius 2 is 1.86 bits per heavy atom. The van der Waals surface area contributed by atoms with Crippen LogP contribution in [-0.4, -0.2) is 84.5 Å². The maximum atomic E-state index is 14.0. The van der Waals surface area contributed by atoms with Crippen LogP contribution in [-0.2, 0) is 4.79 Å². The van der Waals surface area contributed by atoms with E-state index in [9.17, 15) is 31.9 Å². The zero-order valence-corrected chi connectivity index (χ0v) is 20.2. The van der Waals surface area contributed by atoms with Gasteiger partial charge in [0.05, 0.1) is 12.0 Å². The number of nitrogens with one attached hydrogen (secondary N) is 5. The molecule has 4 aliphatic rings. The van der Waals surface area contributed by atoms with Crippen LogP contribution >= 0.6 is 0 Å². The molecule has 9 nitrogen and oxygen atoms in total. The lowest BCUT2D eigenvalue weighted by Crippen LogP contribution is -2.53. The molecule has 9 unspecified atom stereocenters. The second kappa shape index (κ2) is 11.4. The number of hydrazine groups is 2. The van der Waals surface area contributed by atoms with Crippen molar-refractivity contribution in [1.82, 2.24) is 31.9 Å². The van der Waals surface area contributed by atoms with E-state index in [1.165, 1.54) is 12.1 Å². The first-order valence-electron chi connectivity index (χ1n) is 12.7. The Balaban J connectivity index is 1.44. The summed E-state index contributed by atoms with van der Waals surface area (Å²) in [6.45, 7) is -0.136. The largest absolute Gasteiger partial charge is 0.405 e. The van der Waals surface area contributed by atoms with Crippen molar-refractivity contribution < 1.29 is 31.9 Å². The first-order chi connectivity index (χ1) is 17.0. The molecule has 4 rings (SSSR count). The molecule has 2 aliphatic carbocycles. The molecule has 0 aromatic rings. The monoisotopic (exact) mass is 525 g/mol. The Kier molecular flexibility index (Phi) is 8.70. The molecule has 2 heterocycles. The van der Waals surface area contributed by atoms with Crippen molar-refractivity contribution in [2.24, 2.45) is 16.8 Å². The fourth-order valence-electron chi connectivity index (χ4n) is 5.69. The van der Waals surface area contributed by atoms with Crippen LogP contribution in [0.1, 0.15) is 51.4 Å². The number of hydrogen-bond acceptors (Lipinski definition) is 7. The number of halogens is 5. The number of aliphatic imine (C=N–C) groups is 1. The van der Waals surface area contributed by atoms with Gasteiger partial charge in [0.2, 0.25) is 5.91 Å². The predicted octanol–water partition coefficient (Wildman–Crippen LogP) is 1.02. The van der Waals surface area contributed by atoms with Crippen molar-refractivity contribution in [2.45, 2.75) is 100 Å². The van der Waals surface area contributed by atoms with Crippen molar-refractivity contribution in [3.63, 3.8) is 0 Å². The molecule has 0 radical (unpaired) electrons. The van der Waals surface area contributed by atoms with Crippen LogP contribution in [0.15, 0.2) is 4.99 Å². The molecule has 2 saturated heterocycles. The molecule has 4 fully saturated rings. The third kappa shape index (κ3) is 6.82. The normalized spacial score (nSPS) is 40.9. The lowest BCUT2D eigenvalue weighted by molar-refractivity contribution is -0.168. The van der Waals surface area contributed by atoms with Crippen LogP contribution < -0.4 is 26.9 Å². The van der Waals surface area contributed by atoms with Crippen LogP contribution in [0.25, 0.3) is 0 Å². The van der Waals surface area contributed by atoms with Gasteiger partial charge >= 0.3 is 6.18 Å². The van der Waals surface area contributed by atoms with Gasteiger partial charge in [-0.2, -0.15) is 13.2 Å². The van der Waals surface area contributed by atoms with E-state index in [0.717, 1.165) is 0 Å². The van der Waals surface area contributed by atoms with E-state index in [2.05, 4.69) is 31.9 Å². The van der Waals surface area contributed by atoms with Crippen molar-refractivity contribution in [1.29, 1.82) is 0 Å². The van der Waals surface area contributed by atoms with Crippen molar-refractivity contribution in [3.05, 3.63) is 0 Å². The Bertz CT molecular complexity index is 803. The molecule has 2 saturated carbocycles. The number of aliphatic hydroxyl groups is 1. The zero-order valence-electron chi connectivity index (χ0n) is 20.2. The lowest BCUT2D eigenvalue weighted by atomic mass is 9.81. The number of carbonyl (C=O) groups excluding carboxylic acids is 1. The highest BCUT2D eigenvalue weighted by atomic mass is 19.4. The van der Waals surface area contributed by atoms with Crippen LogP contribution in [0.3, 0.4) is 0 Å². The first kappa shape index (κ1) is 27.4. The number of carbonyl (C=O) groups is 1. The van der Waals surface area contributed by atoms with Crippen LogP contribution in [0, 0.1) is 11.8 Å². The highest BCUT2D eigenvalue weighted by Gasteiger charge is 2.52. The van der Waals surface area contributed by atoms with Crippen molar-refractivity contribution in [3.8, 4) is 0 Å². The second-order valence-electron chi connectivity index (χ2n) is 10.5. The minimum Gasteiger partial charge on any atom is -0.390 e. The fourth-order valence-corrected chi connectivity index (χ4v) is 5.69. The van der Waals surface area contributed by atoms with Gasteiger partial charge < -0.3 is 10.4 Å². The number of amides is 1. The Hall–Kier alpha value is -1.61. The summed E-state index contributed by atoms with van der Waals surface area (Å²) in [5.74, 6) is -2.24. The van der Waals surface area contributed by atoms with E-state index >= 15 is 0 Å². The van der Waals surface area contributed by atoms with Crippen molar-refractivity contribution >= 4 is 11.9 Å². The van der Waals surface area contributed by atoms with Gasteiger partial charge in [0.1, 0.15) is 24.6 Å². The summed E-state index contributed by atoms with van der Waals surface area (Å²) in [6, 6.07) is -2.46. The Morgan fingerprint density at radius 1 is 1.08 bits per heavy atom. The second-order valence-corrected chi connectivity index (χ2v) is 10.5. The summed E-state index contributed by atoms with van der Waals surface area (Å²) < 4.78 is 68.4. The number of rotatable bonds is 4. The average molecular weight is 526 g/mol. The Morgan fingerprint density at radius 3 is 2.56 bits per heavy atom. The maximum Gasteiger partial charge on any atom is 0.405 e. The predicted molar refractivity (Wildman–Crippen MR) is 122 cm³/mol. The summed E-state index contributed by atoms with van der Waals surface area (Å²) in [5, 5.41) is 16.5. The van der Waals surface area contributed by atoms with Gasteiger partial charge in [-0.15, -0.1) is 0 Å². The molecule has 14 heteroatoms. The van der Waals surface area contributed by atoms with E-state index in [1.54, 1.807) is 0 Å². The summed E-state index contributed by atoms with van der Waals surface area (Å²) in [6.07, 6.45) is -4.71. The number of hydrogen-bond donors (Lipinski definition) is 6. The van der Waals surface area contributed by atoms with Crippen molar-refractivity contribution in [2.75, 3.05) is 13.6 Å². The molecule has 36 heavy (non-hydrogen) atoms. The quantitative estimate of drug-likeness (QED) is 0.185. The van der Waals surface area contributed by atoms with E-state index in [0.29, 0.717) is 38.5 Å². The standard InChI is InChI=1S/C22H36F5N7O2/c1-34-10-14(19(33-34)22(25,26)27)20(36)30-21(28-13-4-2-3-12(23)8-13)29-18-9-16(31-32-18)11-5-6-17(35)15(24)7-11/h11-19,31-33,35H,2-10H2,1H3,(H2,28,29,30,36). The summed E-state index contributed by atoms with van der Waals surface area (Å²) in [4.78, 5) is 17.5. The third-order valence-corrected chi connectivity index (χ3v) is 7.66. The third-order valence-electron chi connectivity index (χ3n) is 7.66. The Labute approximate surface area is 207 Å². The van der Waals surface area contributed by atoms with Gasteiger partial charge in [0.25, 0.3) is 0 Å². The minimum atomic E-state index is -4.62. The number of alkyl halides is 5. The van der Waals surface area contributed by atoms with Gasteiger partial charge in [-0.3, -0.25) is 15.5 Å². The fraction of sp³-hybridized carbons (Fsp3) is 0.909. The summed E-state index contributed by atoms with van der Waals surface area (Å²) >= 11 is 0. The SMILES string of the molecule is CN1CC(C(=O)N/C(=N\C2CC(C3CCC(O)C(F)C3)NN2)NC2CCCC(F)C2)C(C(F)(F)F)N1. The lowest BCUT2D eigenvalue weighted by Gasteiger charge is -2.32. The average Bonchev–Trinajstić information content (AvgIpc) is 3.42. The molecule has 0 spiro atoms. The van der Waals surface area contributed by atoms with Crippen LogP contribution in [0.4, 0.5) is 22.0 Å².